The standard InChI is InChI=1S/C25H19BrIN3O4S/c1-2-15-3-7-18(8-4-15)28-25-29-24(31)22(35-25)13-17-11-20(26)23(21(27)12-17)34-14-16-5-9-19(10-6-16)30(32)33/h3-13H,2,14H2,1H3,(H,28,29,31)/b22-13-. The van der Waals surface area contributed by atoms with Gasteiger partial charge in [-0.1, -0.05) is 19.1 Å². The molecule has 0 radical (unpaired) electrons. The predicted molar refractivity (Wildman–Crippen MR) is 151 cm³/mol. The SMILES string of the molecule is CCc1ccc(N=C2NC(=O)/C(=C/c3cc(Br)c(OCc4ccc([N+](=O)[O-])cc4)c(I)c3)S2)cc1. The Bertz CT molecular complexity index is 1320. The average molecular weight is 664 g/mol. The van der Waals surface area contributed by atoms with Gasteiger partial charge in [-0.05, 0) is 116 Å². The average Bonchev–Trinajstić information content (AvgIpc) is 3.17. The Balaban J connectivity index is 1.46. The number of hydrogen-bond acceptors (Lipinski definition) is 6. The zero-order valence-electron chi connectivity index (χ0n) is 18.5. The second kappa shape index (κ2) is 11.4. The van der Waals surface area contributed by atoms with Gasteiger partial charge >= 0.3 is 0 Å². The molecule has 4 rings (SSSR count). The molecule has 35 heavy (non-hydrogen) atoms. The Morgan fingerprint density at radius 3 is 2.46 bits per heavy atom. The summed E-state index contributed by atoms with van der Waals surface area (Å²) < 4.78 is 7.55. The molecule has 1 heterocycles. The zero-order valence-corrected chi connectivity index (χ0v) is 23.0. The van der Waals surface area contributed by atoms with Crippen molar-refractivity contribution in [1.29, 1.82) is 0 Å². The highest BCUT2D eigenvalue weighted by Crippen LogP contribution is 2.35. The quantitative estimate of drug-likeness (QED) is 0.127. The molecule has 0 spiro atoms. The summed E-state index contributed by atoms with van der Waals surface area (Å²) in [5, 5.41) is 14.2. The first-order valence-electron chi connectivity index (χ1n) is 10.6. The molecular weight excluding hydrogens is 645 g/mol. The maximum atomic E-state index is 12.5. The number of non-ortho nitro benzene ring substituents is 1. The van der Waals surface area contributed by atoms with E-state index in [1.807, 2.05) is 42.5 Å². The molecule has 1 aliphatic heterocycles. The Labute approximate surface area is 228 Å². The third kappa shape index (κ3) is 6.50. The van der Waals surface area contributed by atoms with Gasteiger partial charge in [-0.25, -0.2) is 4.99 Å². The van der Waals surface area contributed by atoms with Crippen LogP contribution in [0.25, 0.3) is 6.08 Å². The number of amides is 1. The number of rotatable bonds is 7. The van der Waals surface area contributed by atoms with Gasteiger partial charge in [0.1, 0.15) is 12.4 Å². The summed E-state index contributed by atoms with van der Waals surface area (Å²) in [6.45, 7) is 2.37. The first-order chi connectivity index (χ1) is 16.8. The molecule has 0 atom stereocenters. The molecule has 178 valence electrons. The van der Waals surface area contributed by atoms with Crippen LogP contribution in [-0.4, -0.2) is 16.0 Å². The van der Waals surface area contributed by atoms with Crippen molar-refractivity contribution in [1.82, 2.24) is 5.32 Å². The number of hydrogen-bond donors (Lipinski definition) is 1. The molecule has 3 aromatic carbocycles. The van der Waals surface area contributed by atoms with E-state index >= 15 is 0 Å². The molecule has 7 nitrogen and oxygen atoms in total. The Hall–Kier alpha value is -2.70. The molecule has 1 fully saturated rings. The number of ether oxygens (including phenoxy) is 1. The van der Waals surface area contributed by atoms with E-state index < -0.39 is 4.92 Å². The van der Waals surface area contributed by atoms with Gasteiger partial charge in [-0.15, -0.1) is 0 Å². The molecule has 1 N–H and O–H groups in total. The van der Waals surface area contributed by atoms with E-state index in [0.29, 0.717) is 15.8 Å². The number of carbonyl (C=O) groups is 1. The number of carbonyl (C=O) groups excluding carboxylic acids is 1. The minimum absolute atomic E-state index is 0.0401. The number of thioether (sulfide) groups is 1. The van der Waals surface area contributed by atoms with Crippen LogP contribution >= 0.6 is 50.3 Å². The lowest BCUT2D eigenvalue weighted by molar-refractivity contribution is -0.384. The monoisotopic (exact) mass is 663 g/mol. The number of nitro groups is 1. The van der Waals surface area contributed by atoms with Crippen molar-refractivity contribution in [2.75, 3.05) is 0 Å². The molecule has 0 aromatic heterocycles. The fourth-order valence-corrected chi connectivity index (χ4v) is 5.84. The number of aliphatic imine (C=N–C) groups is 1. The summed E-state index contributed by atoms with van der Waals surface area (Å²) >= 11 is 7.03. The number of nitro benzene ring substituents is 1. The third-order valence-electron chi connectivity index (χ3n) is 5.07. The van der Waals surface area contributed by atoms with Gasteiger partial charge in [0.25, 0.3) is 11.6 Å². The molecule has 10 heteroatoms. The molecule has 0 bridgehead atoms. The zero-order chi connectivity index (χ0) is 24.9. The van der Waals surface area contributed by atoms with E-state index in [0.717, 1.165) is 31.3 Å². The fraction of sp³-hybridized carbons (Fsp3) is 0.120. The lowest BCUT2D eigenvalue weighted by Gasteiger charge is -2.11. The van der Waals surface area contributed by atoms with E-state index in [1.54, 1.807) is 12.1 Å². The van der Waals surface area contributed by atoms with E-state index in [-0.39, 0.29) is 18.2 Å². The van der Waals surface area contributed by atoms with Gasteiger partial charge in [0, 0.05) is 12.1 Å². The molecule has 1 aliphatic rings. The summed E-state index contributed by atoms with van der Waals surface area (Å²) in [4.78, 5) is 27.9. The number of halogens is 2. The maximum Gasteiger partial charge on any atom is 0.269 e. The number of nitrogens with zero attached hydrogens (tertiary/aromatic N) is 2. The van der Waals surface area contributed by atoms with Crippen molar-refractivity contribution in [2.24, 2.45) is 4.99 Å². The maximum absolute atomic E-state index is 12.5. The fourth-order valence-electron chi connectivity index (χ4n) is 3.23. The summed E-state index contributed by atoms with van der Waals surface area (Å²) in [5.41, 5.74) is 3.73. The van der Waals surface area contributed by atoms with Crippen LogP contribution in [0.3, 0.4) is 0 Å². The van der Waals surface area contributed by atoms with Crippen LogP contribution < -0.4 is 10.1 Å². The minimum Gasteiger partial charge on any atom is -0.487 e. The van der Waals surface area contributed by atoms with Gasteiger partial charge in [-0.3, -0.25) is 14.9 Å². The van der Waals surface area contributed by atoms with Gasteiger partial charge in [0.05, 0.1) is 23.6 Å². The van der Waals surface area contributed by atoms with Crippen molar-refractivity contribution in [3.8, 4) is 5.75 Å². The van der Waals surface area contributed by atoms with Crippen molar-refractivity contribution in [2.45, 2.75) is 20.0 Å². The molecule has 3 aromatic rings. The molecule has 0 aliphatic carbocycles. The van der Waals surface area contributed by atoms with E-state index in [1.165, 1.54) is 29.5 Å². The van der Waals surface area contributed by atoms with E-state index in [4.69, 9.17) is 4.74 Å². The van der Waals surface area contributed by atoms with Crippen LogP contribution in [0.2, 0.25) is 0 Å². The van der Waals surface area contributed by atoms with Crippen LogP contribution in [0.15, 0.2) is 75.0 Å². The molecule has 1 amide bonds. The molecule has 1 saturated heterocycles. The van der Waals surface area contributed by atoms with Gasteiger partial charge in [0.2, 0.25) is 0 Å². The van der Waals surface area contributed by atoms with E-state index in [2.05, 4.69) is 55.8 Å². The predicted octanol–water partition coefficient (Wildman–Crippen LogP) is 6.99. The van der Waals surface area contributed by atoms with Crippen molar-refractivity contribution >= 4 is 78.8 Å². The summed E-state index contributed by atoms with van der Waals surface area (Å²) in [6.07, 6.45) is 2.78. The molecule has 0 unspecified atom stereocenters. The van der Waals surface area contributed by atoms with Crippen LogP contribution in [0.5, 0.6) is 5.75 Å². The first kappa shape index (κ1) is 25.4. The number of nitrogens with one attached hydrogen (secondary N) is 1. The third-order valence-corrected chi connectivity index (χ3v) is 7.38. The summed E-state index contributed by atoms with van der Waals surface area (Å²) in [6, 6.07) is 18.0. The van der Waals surface area contributed by atoms with Crippen LogP contribution in [0.1, 0.15) is 23.6 Å². The van der Waals surface area contributed by atoms with Crippen molar-refractivity contribution in [3.63, 3.8) is 0 Å². The normalized spacial score (nSPS) is 15.5. The first-order valence-corrected chi connectivity index (χ1v) is 13.2. The number of benzene rings is 3. The Kier molecular flexibility index (Phi) is 8.24. The van der Waals surface area contributed by atoms with Gasteiger partial charge < -0.3 is 10.1 Å². The van der Waals surface area contributed by atoms with Crippen LogP contribution in [0, 0.1) is 13.7 Å². The van der Waals surface area contributed by atoms with Crippen molar-refractivity contribution < 1.29 is 14.5 Å². The largest absolute Gasteiger partial charge is 0.487 e. The highest BCUT2D eigenvalue weighted by atomic mass is 127. The highest BCUT2D eigenvalue weighted by molar-refractivity contribution is 14.1. The Morgan fingerprint density at radius 2 is 1.83 bits per heavy atom. The van der Waals surface area contributed by atoms with Gasteiger partial charge in [0.15, 0.2) is 5.17 Å². The van der Waals surface area contributed by atoms with Crippen LogP contribution in [0.4, 0.5) is 11.4 Å². The van der Waals surface area contributed by atoms with E-state index in [9.17, 15) is 14.9 Å². The van der Waals surface area contributed by atoms with Gasteiger partial charge in [-0.2, -0.15) is 0 Å². The molecule has 0 saturated carbocycles. The smallest absolute Gasteiger partial charge is 0.269 e. The topological polar surface area (TPSA) is 93.8 Å². The number of aryl methyl sites for hydroxylation is 1. The minimum atomic E-state index is -0.432. The lowest BCUT2D eigenvalue weighted by atomic mass is 10.2. The second-order valence-electron chi connectivity index (χ2n) is 7.53. The highest BCUT2D eigenvalue weighted by Gasteiger charge is 2.24. The van der Waals surface area contributed by atoms with Crippen LogP contribution in [-0.2, 0) is 17.8 Å². The second-order valence-corrected chi connectivity index (χ2v) is 10.6. The molecular formula is C25H19BrIN3O4S. The Morgan fingerprint density at radius 1 is 1.14 bits per heavy atom. The lowest BCUT2D eigenvalue weighted by Crippen LogP contribution is -2.19. The summed E-state index contributed by atoms with van der Waals surface area (Å²) in [7, 11) is 0. The van der Waals surface area contributed by atoms with Crippen molar-refractivity contribution in [3.05, 3.63) is 100 Å². The number of amidine groups is 1. The summed E-state index contributed by atoms with van der Waals surface area (Å²) in [5.74, 6) is 0.468.